The molecule has 0 radical (unpaired) electrons. The summed E-state index contributed by atoms with van der Waals surface area (Å²) in [7, 11) is 0. The topological polar surface area (TPSA) is 83.8 Å². The smallest absolute Gasteiger partial charge is 0.255 e. The van der Waals surface area contributed by atoms with E-state index in [0.717, 1.165) is 0 Å². The molecule has 1 aromatic heterocycles. The Morgan fingerprint density at radius 3 is 3.09 bits per heavy atom. The fraction of sp³-hybridized carbons (Fsp3) is 0.333. The first-order valence-corrected chi connectivity index (χ1v) is 3.22. The summed E-state index contributed by atoms with van der Waals surface area (Å²) in [6.07, 6.45) is 1.51. The number of hydrazine groups is 1. The van der Waals surface area contributed by atoms with Crippen LogP contribution in [0.5, 0.6) is 0 Å². The van der Waals surface area contributed by atoms with Crippen LogP contribution < -0.4 is 16.8 Å². The van der Waals surface area contributed by atoms with E-state index in [2.05, 4.69) is 15.4 Å². The second-order valence-electron chi connectivity index (χ2n) is 2.20. The van der Waals surface area contributed by atoms with Gasteiger partial charge in [-0.25, -0.2) is 4.98 Å². The fourth-order valence-electron chi connectivity index (χ4n) is 0.746. The van der Waals surface area contributed by atoms with Crippen molar-refractivity contribution in [2.24, 2.45) is 5.84 Å². The molecule has 0 saturated carbocycles. The molecular weight excluding hydrogens is 144 g/mol. The van der Waals surface area contributed by atoms with Crippen molar-refractivity contribution in [3.05, 3.63) is 27.9 Å². The van der Waals surface area contributed by atoms with E-state index in [1.54, 1.807) is 6.92 Å². The van der Waals surface area contributed by atoms with Crippen LogP contribution in [0.3, 0.4) is 0 Å². The van der Waals surface area contributed by atoms with Crippen molar-refractivity contribution >= 4 is 0 Å². The molecule has 0 aromatic carbocycles. The summed E-state index contributed by atoms with van der Waals surface area (Å²) in [5.74, 6) is 5.64. The number of hydrogen-bond donors (Lipinski definition) is 3. The Bertz CT molecular complexity index is 293. The van der Waals surface area contributed by atoms with Crippen LogP contribution in [-0.4, -0.2) is 9.97 Å². The van der Waals surface area contributed by atoms with E-state index in [-0.39, 0.29) is 5.56 Å². The van der Waals surface area contributed by atoms with Gasteiger partial charge < -0.3 is 4.98 Å². The minimum absolute atomic E-state index is 0.143. The maximum absolute atomic E-state index is 11.0. The molecule has 0 unspecified atom stereocenters. The first-order valence-electron chi connectivity index (χ1n) is 3.22. The molecule has 0 amide bonds. The van der Waals surface area contributed by atoms with E-state index in [9.17, 15) is 4.79 Å². The van der Waals surface area contributed by atoms with Gasteiger partial charge >= 0.3 is 0 Å². The van der Waals surface area contributed by atoms with Gasteiger partial charge in [-0.2, -0.15) is 0 Å². The molecule has 5 nitrogen and oxygen atoms in total. The first-order chi connectivity index (χ1) is 5.24. The molecule has 1 aromatic rings. The lowest BCUT2D eigenvalue weighted by molar-refractivity contribution is 0.726. The summed E-state index contributed by atoms with van der Waals surface area (Å²) in [6.45, 7) is 2.06. The van der Waals surface area contributed by atoms with Crippen LogP contribution in [0.15, 0.2) is 11.0 Å². The second-order valence-corrected chi connectivity index (χ2v) is 2.20. The summed E-state index contributed by atoms with van der Waals surface area (Å²) in [5, 5.41) is 0. The summed E-state index contributed by atoms with van der Waals surface area (Å²) in [6, 6.07) is 0. The van der Waals surface area contributed by atoms with Crippen LogP contribution in [-0.2, 0) is 6.54 Å². The third-order valence-corrected chi connectivity index (χ3v) is 1.29. The quantitative estimate of drug-likeness (QED) is 0.378. The molecule has 0 aliphatic carbocycles. The molecule has 0 aliphatic rings. The lowest BCUT2D eigenvalue weighted by Crippen LogP contribution is -2.26. The van der Waals surface area contributed by atoms with Gasteiger partial charge in [-0.05, 0) is 6.92 Å². The van der Waals surface area contributed by atoms with Crippen LogP contribution in [0.25, 0.3) is 0 Å². The predicted molar refractivity (Wildman–Crippen MR) is 40.6 cm³/mol. The Kier molecular flexibility index (Phi) is 2.35. The molecule has 60 valence electrons. The third kappa shape index (κ3) is 1.86. The molecule has 0 atom stereocenters. The minimum atomic E-state index is -0.143. The number of H-pyrrole nitrogens is 1. The maximum atomic E-state index is 11.0. The number of nitrogens with two attached hydrogens (primary N) is 1. The van der Waals surface area contributed by atoms with Gasteiger partial charge in [-0.1, -0.05) is 0 Å². The van der Waals surface area contributed by atoms with E-state index < -0.39 is 0 Å². The highest BCUT2D eigenvalue weighted by Gasteiger charge is 1.97. The van der Waals surface area contributed by atoms with Gasteiger partial charge in [-0.3, -0.25) is 16.1 Å². The normalized spacial score (nSPS) is 10.0. The summed E-state index contributed by atoms with van der Waals surface area (Å²) in [5.41, 5.74) is 2.78. The van der Waals surface area contributed by atoms with Crippen molar-refractivity contribution in [3.63, 3.8) is 0 Å². The Morgan fingerprint density at radius 1 is 1.82 bits per heavy atom. The van der Waals surface area contributed by atoms with Crippen LogP contribution in [0.1, 0.15) is 11.4 Å². The van der Waals surface area contributed by atoms with Crippen molar-refractivity contribution in [1.82, 2.24) is 15.4 Å². The molecule has 1 rings (SSSR count). The molecule has 1 heterocycles. The van der Waals surface area contributed by atoms with Gasteiger partial charge in [-0.15, -0.1) is 0 Å². The first kappa shape index (κ1) is 7.90. The minimum Gasteiger partial charge on any atom is -0.311 e. The lowest BCUT2D eigenvalue weighted by Gasteiger charge is -1.97. The van der Waals surface area contributed by atoms with Crippen molar-refractivity contribution in [3.8, 4) is 0 Å². The SMILES string of the molecule is Cc1ncc(CNN)c(=O)[nH]1. The average molecular weight is 154 g/mol. The molecule has 0 saturated heterocycles. The zero-order valence-electron chi connectivity index (χ0n) is 6.22. The molecule has 11 heavy (non-hydrogen) atoms. The molecule has 0 bridgehead atoms. The van der Waals surface area contributed by atoms with Crippen LogP contribution in [0.2, 0.25) is 0 Å². The van der Waals surface area contributed by atoms with Crippen LogP contribution in [0.4, 0.5) is 0 Å². The molecule has 0 spiro atoms. The zero-order chi connectivity index (χ0) is 8.27. The number of aromatic nitrogens is 2. The number of nitrogens with zero attached hydrogens (tertiary/aromatic N) is 1. The van der Waals surface area contributed by atoms with Gasteiger partial charge in [0.25, 0.3) is 5.56 Å². The van der Waals surface area contributed by atoms with Gasteiger partial charge in [0.05, 0.1) is 5.56 Å². The maximum Gasteiger partial charge on any atom is 0.255 e. The predicted octanol–water partition coefficient (Wildman–Crippen LogP) is -0.958. The summed E-state index contributed by atoms with van der Waals surface area (Å²) in [4.78, 5) is 17.5. The largest absolute Gasteiger partial charge is 0.311 e. The van der Waals surface area contributed by atoms with Crippen molar-refractivity contribution in [1.29, 1.82) is 0 Å². The Morgan fingerprint density at radius 2 is 2.55 bits per heavy atom. The highest BCUT2D eigenvalue weighted by molar-refractivity contribution is 5.04. The van der Waals surface area contributed by atoms with Gasteiger partial charge in [0.2, 0.25) is 0 Å². The molecule has 4 N–H and O–H groups in total. The molecule has 0 fully saturated rings. The number of hydrogen-bond acceptors (Lipinski definition) is 4. The monoisotopic (exact) mass is 154 g/mol. The Labute approximate surface area is 63.6 Å². The van der Waals surface area contributed by atoms with Gasteiger partial charge in [0, 0.05) is 12.7 Å². The summed E-state index contributed by atoms with van der Waals surface area (Å²) >= 11 is 0. The van der Waals surface area contributed by atoms with Crippen LogP contribution in [0, 0.1) is 6.92 Å². The van der Waals surface area contributed by atoms with Gasteiger partial charge in [0.15, 0.2) is 0 Å². The van der Waals surface area contributed by atoms with Crippen molar-refractivity contribution in [2.45, 2.75) is 13.5 Å². The standard InChI is InChI=1S/C6H10N4O/c1-4-8-2-5(3-9-7)6(11)10-4/h2,9H,3,7H2,1H3,(H,8,10,11). The van der Waals surface area contributed by atoms with Gasteiger partial charge in [0.1, 0.15) is 5.82 Å². The van der Waals surface area contributed by atoms with E-state index in [4.69, 9.17) is 5.84 Å². The Balaban J connectivity index is 3.00. The number of rotatable bonds is 2. The fourth-order valence-corrected chi connectivity index (χ4v) is 0.746. The lowest BCUT2D eigenvalue weighted by atomic mass is 10.3. The zero-order valence-corrected chi connectivity index (χ0v) is 6.22. The van der Waals surface area contributed by atoms with Crippen LogP contribution >= 0.6 is 0 Å². The highest BCUT2D eigenvalue weighted by atomic mass is 16.1. The van der Waals surface area contributed by atoms with Crippen molar-refractivity contribution in [2.75, 3.05) is 0 Å². The number of aryl methyl sites for hydroxylation is 1. The molecule has 0 aliphatic heterocycles. The van der Waals surface area contributed by atoms with E-state index in [1.165, 1.54) is 6.20 Å². The highest BCUT2D eigenvalue weighted by Crippen LogP contribution is 1.86. The second kappa shape index (κ2) is 3.27. The van der Waals surface area contributed by atoms with E-state index >= 15 is 0 Å². The number of nitrogens with one attached hydrogen (secondary N) is 2. The average Bonchev–Trinajstić information content (AvgIpc) is 1.95. The van der Waals surface area contributed by atoms with E-state index in [0.29, 0.717) is 17.9 Å². The van der Waals surface area contributed by atoms with E-state index in [1.807, 2.05) is 0 Å². The van der Waals surface area contributed by atoms with Crippen molar-refractivity contribution < 1.29 is 0 Å². The number of aromatic amines is 1. The Hall–Kier alpha value is -1.20. The molecular formula is C6H10N4O. The molecule has 5 heteroatoms. The third-order valence-electron chi connectivity index (χ3n) is 1.29. The summed E-state index contributed by atoms with van der Waals surface area (Å²) < 4.78 is 0.